The highest BCUT2D eigenvalue weighted by molar-refractivity contribution is 7.99. The summed E-state index contributed by atoms with van der Waals surface area (Å²) < 4.78 is 46.4. The van der Waals surface area contributed by atoms with Crippen LogP contribution >= 0.6 is 23.1 Å². The Balaban J connectivity index is 1.59. The molecule has 4 rings (SSSR count). The second-order valence-corrected chi connectivity index (χ2v) is 10.1. The molecule has 1 aromatic heterocycles. The molecule has 33 heavy (non-hydrogen) atoms. The van der Waals surface area contributed by atoms with Gasteiger partial charge in [0, 0.05) is 16.2 Å². The second kappa shape index (κ2) is 9.77. The number of hydrogen-bond donors (Lipinski definition) is 3. The minimum atomic E-state index is -1.49. The molecule has 176 valence electrons. The van der Waals surface area contributed by atoms with Crippen LogP contribution in [-0.2, 0) is 11.2 Å². The fourth-order valence-electron chi connectivity index (χ4n) is 3.89. The Kier molecular flexibility index (Phi) is 7.18. The van der Waals surface area contributed by atoms with Crippen molar-refractivity contribution in [1.29, 1.82) is 0 Å². The van der Waals surface area contributed by atoms with Crippen molar-refractivity contribution in [3.63, 3.8) is 0 Å². The number of thiophene rings is 1. The number of halogens is 3. The highest BCUT2D eigenvalue weighted by atomic mass is 32.2. The molecule has 2 aromatic carbocycles. The van der Waals surface area contributed by atoms with Gasteiger partial charge in [0.25, 0.3) is 0 Å². The first-order valence-electron chi connectivity index (χ1n) is 10.2. The molecule has 3 aromatic rings. The van der Waals surface area contributed by atoms with Gasteiger partial charge >= 0.3 is 0 Å². The summed E-state index contributed by atoms with van der Waals surface area (Å²) in [5, 5.41) is 30.8. The first kappa shape index (κ1) is 24.3. The molecule has 0 spiro atoms. The van der Waals surface area contributed by atoms with E-state index in [0.717, 1.165) is 28.1 Å². The topological polar surface area (TPSA) is 69.9 Å². The monoisotopic (exact) mass is 496 g/mol. The number of hydrogen-bond acceptors (Lipinski definition) is 6. The van der Waals surface area contributed by atoms with Gasteiger partial charge in [0.1, 0.15) is 29.9 Å². The number of aryl methyl sites for hydroxylation is 1. The lowest BCUT2D eigenvalue weighted by atomic mass is 9.92. The summed E-state index contributed by atoms with van der Waals surface area (Å²) in [6, 6.07) is 11.1. The fourth-order valence-corrected chi connectivity index (χ4v) is 5.58. The second-order valence-electron chi connectivity index (χ2n) is 8.02. The van der Waals surface area contributed by atoms with E-state index in [4.69, 9.17) is 4.74 Å². The Hall–Kier alpha value is -1.88. The van der Waals surface area contributed by atoms with E-state index in [1.807, 2.05) is 31.2 Å². The summed E-state index contributed by atoms with van der Waals surface area (Å²) in [5.41, 5.74) is 2.22. The minimum Gasteiger partial charge on any atom is -0.387 e. The Morgan fingerprint density at radius 1 is 0.939 bits per heavy atom. The van der Waals surface area contributed by atoms with Crippen LogP contribution in [0.5, 0.6) is 0 Å². The van der Waals surface area contributed by atoms with Gasteiger partial charge in [0.05, 0.1) is 0 Å². The summed E-state index contributed by atoms with van der Waals surface area (Å²) in [5.74, 6) is -3.95. The first-order chi connectivity index (χ1) is 15.7. The lowest BCUT2D eigenvalue weighted by Crippen LogP contribution is -2.52. The van der Waals surface area contributed by atoms with Crippen LogP contribution in [-0.4, -0.2) is 45.3 Å². The molecule has 0 saturated carbocycles. The molecule has 3 N–H and O–H groups in total. The first-order valence-corrected chi connectivity index (χ1v) is 12.4. The van der Waals surface area contributed by atoms with Gasteiger partial charge in [-0.25, -0.2) is 13.2 Å². The van der Waals surface area contributed by atoms with Crippen molar-refractivity contribution in [3.05, 3.63) is 81.5 Å². The quantitative estimate of drug-likeness (QED) is 0.452. The van der Waals surface area contributed by atoms with Gasteiger partial charge < -0.3 is 20.1 Å². The summed E-state index contributed by atoms with van der Waals surface area (Å²) in [7, 11) is 0. The number of benzene rings is 2. The third-order valence-electron chi connectivity index (χ3n) is 5.80. The van der Waals surface area contributed by atoms with Crippen LogP contribution in [0.2, 0.25) is 0 Å². The van der Waals surface area contributed by atoms with Crippen molar-refractivity contribution in [2.45, 2.75) is 43.2 Å². The molecule has 0 bridgehead atoms. The molecule has 0 radical (unpaired) electrons. The van der Waals surface area contributed by atoms with Crippen LogP contribution in [0.4, 0.5) is 13.2 Å². The molecule has 1 fully saturated rings. The minimum absolute atomic E-state index is 0.266. The van der Waals surface area contributed by atoms with Crippen molar-refractivity contribution in [2.75, 3.05) is 6.26 Å². The van der Waals surface area contributed by atoms with Gasteiger partial charge in [0.15, 0.2) is 17.5 Å². The average molecular weight is 497 g/mol. The Morgan fingerprint density at radius 3 is 2.30 bits per heavy atom. The number of aliphatic hydroxyl groups excluding tert-OH is 3. The summed E-state index contributed by atoms with van der Waals surface area (Å²) in [6.45, 7) is 1.94. The molecule has 9 heteroatoms. The van der Waals surface area contributed by atoms with E-state index in [1.165, 1.54) is 23.1 Å². The maximum Gasteiger partial charge on any atom is 0.194 e. The highest BCUT2D eigenvalue weighted by Crippen LogP contribution is 2.37. The predicted octanol–water partition coefficient (Wildman–Crippen LogP) is 4.57. The average Bonchev–Trinajstić information content (AvgIpc) is 3.26. The molecule has 1 aliphatic rings. The molecule has 5 atom stereocenters. The number of aliphatic hydroxyl groups is 3. The van der Waals surface area contributed by atoms with Gasteiger partial charge in [-0.2, -0.15) is 0 Å². The molecule has 0 amide bonds. The molecular weight excluding hydrogens is 473 g/mol. The van der Waals surface area contributed by atoms with Gasteiger partial charge in [-0.1, -0.05) is 18.2 Å². The Labute approximate surface area is 197 Å². The molecule has 1 aliphatic heterocycles. The van der Waals surface area contributed by atoms with Crippen molar-refractivity contribution in [1.82, 2.24) is 0 Å². The molecular formula is C24H23F3O4S2. The Morgan fingerprint density at radius 2 is 1.64 bits per heavy atom. The lowest BCUT2D eigenvalue weighted by molar-refractivity contribution is -0.200. The fraction of sp³-hybridized carbons (Fsp3) is 0.333. The maximum atomic E-state index is 13.6. The summed E-state index contributed by atoms with van der Waals surface area (Å²) >= 11 is 2.60. The van der Waals surface area contributed by atoms with E-state index >= 15 is 0 Å². The predicted molar refractivity (Wildman–Crippen MR) is 123 cm³/mol. The van der Waals surface area contributed by atoms with E-state index in [9.17, 15) is 28.5 Å². The van der Waals surface area contributed by atoms with Crippen molar-refractivity contribution in [2.24, 2.45) is 0 Å². The lowest BCUT2D eigenvalue weighted by Gasteiger charge is -2.40. The third kappa shape index (κ3) is 4.84. The van der Waals surface area contributed by atoms with E-state index in [0.29, 0.717) is 16.9 Å². The number of ether oxygens (including phenoxy) is 1. The Bertz CT molecular complexity index is 1130. The molecule has 1 saturated heterocycles. The molecule has 5 unspecified atom stereocenters. The van der Waals surface area contributed by atoms with E-state index in [1.54, 1.807) is 12.3 Å². The van der Waals surface area contributed by atoms with Crippen LogP contribution in [0.15, 0.2) is 42.5 Å². The normalized spacial score (nSPS) is 25.4. The third-order valence-corrected chi connectivity index (χ3v) is 7.79. The zero-order valence-electron chi connectivity index (χ0n) is 17.8. The van der Waals surface area contributed by atoms with Crippen LogP contribution < -0.4 is 0 Å². The highest BCUT2D eigenvalue weighted by Gasteiger charge is 2.44. The maximum absolute atomic E-state index is 13.6. The van der Waals surface area contributed by atoms with Crippen LogP contribution in [0, 0.1) is 24.4 Å². The van der Waals surface area contributed by atoms with Gasteiger partial charge in [-0.15, -0.1) is 23.1 Å². The van der Waals surface area contributed by atoms with Crippen molar-refractivity contribution in [3.8, 4) is 10.4 Å². The standard InChI is InChI=1S/C24H23F3O4S2/c1-11-3-4-12(23-21(29)20(28)22(30)24(31-23)32-2)7-13(11)8-15-5-6-18(33-15)14-9-16(25)19(27)17(26)10-14/h3-7,9-10,20-24,28-30H,8H2,1-2H3. The van der Waals surface area contributed by atoms with E-state index < -0.39 is 47.3 Å². The molecule has 4 nitrogen and oxygen atoms in total. The number of rotatable bonds is 5. The van der Waals surface area contributed by atoms with Gasteiger partial charge in [-0.3, -0.25) is 0 Å². The van der Waals surface area contributed by atoms with Crippen molar-refractivity contribution >= 4 is 23.1 Å². The van der Waals surface area contributed by atoms with Gasteiger partial charge in [0.2, 0.25) is 0 Å². The zero-order chi connectivity index (χ0) is 23.9. The van der Waals surface area contributed by atoms with E-state index in [-0.39, 0.29) is 5.56 Å². The SMILES string of the molecule is CSC1OC(c2ccc(C)c(Cc3ccc(-c4cc(F)c(F)c(F)c4)s3)c2)C(O)C(O)C1O. The largest absolute Gasteiger partial charge is 0.387 e. The summed E-state index contributed by atoms with van der Waals surface area (Å²) in [4.78, 5) is 1.54. The molecule has 0 aliphatic carbocycles. The van der Waals surface area contributed by atoms with Crippen LogP contribution in [0.25, 0.3) is 10.4 Å². The van der Waals surface area contributed by atoms with Crippen molar-refractivity contribution < 1.29 is 33.2 Å². The molecule has 2 heterocycles. The zero-order valence-corrected chi connectivity index (χ0v) is 19.5. The number of thioether (sulfide) groups is 1. The van der Waals surface area contributed by atoms with Gasteiger partial charge in [-0.05, 0) is 59.7 Å². The van der Waals surface area contributed by atoms with Crippen LogP contribution in [0.3, 0.4) is 0 Å². The van der Waals surface area contributed by atoms with Crippen LogP contribution in [0.1, 0.15) is 27.7 Å². The smallest absolute Gasteiger partial charge is 0.194 e. The summed E-state index contributed by atoms with van der Waals surface area (Å²) in [6.07, 6.45) is -2.33. The van der Waals surface area contributed by atoms with E-state index in [2.05, 4.69) is 0 Å².